The van der Waals surface area contributed by atoms with E-state index in [2.05, 4.69) is 15.3 Å². The predicted octanol–water partition coefficient (Wildman–Crippen LogP) is 0.300. The van der Waals surface area contributed by atoms with Crippen LogP contribution in [0.1, 0.15) is 20.3 Å². The van der Waals surface area contributed by atoms with Gasteiger partial charge >= 0.3 is 0 Å². The molecule has 0 unspecified atom stereocenters. The zero-order valence-corrected chi connectivity index (χ0v) is 12.2. The maximum absolute atomic E-state index is 12.4. The maximum atomic E-state index is 12.4. The highest BCUT2D eigenvalue weighted by Crippen LogP contribution is 2.17. The van der Waals surface area contributed by atoms with Gasteiger partial charge in [-0.25, -0.2) is 18.4 Å². The van der Waals surface area contributed by atoms with Gasteiger partial charge in [0.25, 0.3) is 0 Å². The van der Waals surface area contributed by atoms with E-state index in [9.17, 15) is 8.42 Å². The van der Waals surface area contributed by atoms with Gasteiger partial charge < -0.3 is 10.4 Å². The van der Waals surface area contributed by atoms with Crippen LogP contribution in [0.5, 0.6) is 0 Å². The topological polar surface area (TPSA) is 95.4 Å². The summed E-state index contributed by atoms with van der Waals surface area (Å²) in [5, 5.41) is 11.6. The Labute approximate surface area is 113 Å². The second kappa shape index (κ2) is 6.78. The Morgan fingerprint density at radius 2 is 1.95 bits per heavy atom. The predicted molar refractivity (Wildman–Crippen MR) is 72.3 cm³/mol. The lowest BCUT2D eigenvalue weighted by Gasteiger charge is -2.25. The van der Waals surface area contributed by atoms with Crippen LogP contribution < -0.4 is 5.32 Å². The van der Waals surface area contributed by atoms with Gasteiger partial charge in [0.15, 0.2) is 0 Å². The summed E-state index contributed by atoms with van der Waals surface area (Å²) in [5.41, 5.74) is 0. The van der Waals surface area contributed by atoms with Crippen LogP contribution in [0, 0.1) is 0 Å². The molecule has 7 nitrogen and oxygen atoms in total. The minimum absolute atomic E-state index is 0.0477. The summed E-state index contributed by atoms with van der Waals surface area (Å²) in [5.74, 6) is 0.366. The van der Waals surface area contributed by atoms with Gasteiger partial charge in [-0.05, 0) is 20.3 Å². The van der Waals surface area contributed by atoms with Gasteiger partial charge in [-0.2, -0.15) is 4.31 Å². The Morgan fingerprint density at radius 3 is 2.37 bits per heavy atom. The fraction of sp³-hybridized carbons (Fsp3) is 0.636. The molecule has 0 saturated heterocycles. The molecule has 0 aromatic carbocycles. The number of rotatable bonds is 7. The number of hydrogen-bond donors (Lipinski definition) is 2. The van der Waals surface area contributed by atoms with Crippen LogP contribution in [-0.2, 0) is 10.0 Å². The highest BCUT2D eigenvalue weighted by atomic mass is 32.2. The first-order valence-corrected chi connectivity index (χ1v) is 7.50. The summed E-state index contributed by atoms with van der Waals surface area (Å²) in [6.07, 6.45) is 2.96. The summed E-state index contributed by atoms with van der Waals surface area (Å²) in [7, 11) is -1.97. The summed E-state index contributed by atoms with van der Waals surface area (Å²) < 4.78 is 26.2. The van der Waals surface area contributed by atoms with Crippen LogP contribution in [0.4, 0.5) is 5.95 Å². The van der Waals surface area contributed by atoms with E-state index in [4.69, 9.17) is 5.11 Å². The van der Waals surface area contributed by atoms with Crippen molar-refractivity contribution < 1.29 is 13.5 Å². The second-order valence-corrected chi connectivity index (χ2v) is 6.17. The molecule has 0 aliphatic heterocycles. The molecule has 0 bridgehead atoms. The number of aromatic nitrogens is 2. The van der Waals surface area contributed by atoms with Crippen molar-refractivity contribution in [2.24, 2.45) is 0 Å². The molecule has 0 atom stereocenters. The molecule has 108 valence electrons. The van der Waals surface area contributed by atoms with E-state index in [1.165, 1.54) is 16.7 Å². The van der Waals surface area contributed by atoms with Gasteiger partial charge in [0.2, 0.25) is 16.0 Å². The standard InChI is InChI=1S/C11H20N4O3S/c1-9(2)15(5-4-6-16)19(17,18)10-7-13-11(12-3)14-8-10/h7-9,16H,4-6H2,1-3H3,(H,12,13,14). The molecule has 1 rings (SSSR count). The van der Waals surface area contributed by atoms with Gasteiger partial charge in [0, 0.05) is 26.2 Å². The Balaban J connectivity index is 3.04. The van der Waals surface area contributed by atoms with Crippen molar-refractivity contribution in [2.75, 3.05) is 25.5 Å². The lowest BCUT2D eigenvalue weighted by atomic mass is 10.3. The number of aliphatic hydroxyl groups is 1. The molecule has 0 saturated carbocycles. The lowest BCUT2D eigenvalue weighted by molar-refractivity contribution is 0.258. The first-order chi connectivity index (χ1) is 8.93. The van der Waals surface area contributed by atoms with E-state index in [0.717, 1.165) is 0 Å². The largest absolute Gasteiger partial charge is 0.396 e. The first kappa shape index (κ1) is 15.8. The molecule has 0 radical (unpaired) electrons. The first-order valence-electron chi connectivity index (χ1n) is 6.06. The highest BCUT2D eigenvalue weighted by Gasteiger charge is 2.27. The molecule has 1 aromatic rings. The van der Waals surface area contributed by atoms with E-state index in [1.807, 2.05) is 0 Å². The highest BCUT2D eigenvalue weighted by molar-refractivity contribution is 7.89. The third-order valence-electron chi connectivity index (χ3n) is 2.57. The van der Waals surface area contributed by atoms with Crippen molar-refractivity contribution in [3.8, 4) is 0 Å². The van der Waals surface area contributed by atoms with Crippen LogP contribution in [0.15, 0.2) is 17.3 Å². The zero-order chi connectivity index (χ0) is 14.5. The zero-order valence-electron chi connectivity index (χ0n) is 11.4. The Morgan fingerprint density at radius 1 is 1.37 bits per heavy atom. The van der Waals surface area contributed by atoms with E-state index in [0.29, 0.717) is 12.4 Å². The van der Waals surface area contributed by atoms with Crippen molar-refractivity contribution in [3.63, 3.8) is 0 Å². The van der Waals surface area contributed by atoms with Crippen LogP contribution in [0.2, 0.25) is 0 Å². The van der Waals surface area contributed by atoms with E-state index in [1.54, 1.807) is 20.9 Å². The van der Waals surface area contributed by atoms with Crippen molar-refractivity contribution in [1.82, 2.24) is 14.3 Å². The number of nitrogens with zero attached hydrogens (tertiary/aromatic N) is 3. The Bertz CT molecular complexity index is 487. The molecule has 0 amide bonds. The van der Waals surface area contributed by atoms with Crippen LogP contribution in [-0.4, -0.2) is 54.0 Å². The Kier molecular flexibility index (Phi) is 5.64. The van der Waals surface area contributed by atoms with Crippen LogP contribution in [0.3, 0.4) is 0 Å². The molecule has 2 N–H and O–H groups in total. The second-order valence-electron chi connectivity index (χ2n) is 4.28. The minimum atomic E-state index is -3.63. The van der Waals surface area contributed by atoms with Gasteiger partial charge in [0.05, 0.1) is 12.4 Å². The molecule has 1 heterocycles. The summed E-state index contributed by atoms with van der Waals surface area (Å²) in [6.45, 7) is 3.80. The number of nitrogens with one attached hydrogen (secondary N) is 1. The fourth-order valence-corrected chi connectivity index (χ4v) is 3.16. The SMILES string of the molecule is CNc1ncc(S(=O)(=O)N(CCCO)C(C)C)cn1. The minimum Gasteiger partial charge on any atom is -0.396 e. The van der Waals surface area contributed by atoms with E-state index < -0.39 is 10.0 Å². The van der Waals surface area contributed by atoms with Gasteiger partial charge in [-0.1, -0.05) is 0 Å². The molecule has 1 aromatic heterocycles. The third kappa shape index (κ3) is 3.85. The Hall–Kier alpha value is -1.25. The number of anilines is 1. The number of hydrogen-bond acceptors (Lipinski definition) is 6. The molecule has 19 heavy (non-hydrogen) atoms. The average Bonchev–Trinajstić information content (AvgIpc) is 2.38. The maximum Gasteiger partial charge on any atom is 0.246 e. The number of sulfonamides is 1. The molecular weight excluding hydrogens is 268 g/mol. The molecule has 0 aliphatic carbocycles. The summed E-state index contributed by atoms with van der Waals surface area (Å²) in [4.78, 5) is 7.87. The molecule has 8 heteroatoms. The molecule has 0 fully saturated rings. The van der Waals surface area contributed by atoms with E-state index >= 15 is 0 Å². The van der Waals surface area contributed by atoms with Crippen LogP contribution >= 0.6 is 0 Å². The average molecular weight is 288 g/mol. The van der Waals surface area contributed by atoms with Gasteiger partial charge in [0.1, 0.15) is 4.90 Å². The van der Waals surface area contributed by atoms with Gasteiger partial charge in [-0.15, -0.1) is 0 Å². The molecule has 0 spiro atoms. The normalized spacial score (nSPS) is 12.1. The smallest absolute Gasteiger partial charge is 0.246 e. The third-order valence-corrected chi connectivity index (χ3v) is 4.60. The van der Waals surface area contributed by atoms with Crippen molar-refractivity contribution in [1.29, 1.82) is 0 Å². The van der Waals surface area contributed by atoms with Crippen molar-refractivity contribution >= 4 is 16.0 Å². The molecule has 0 aliphatic rings. The monoisotopic (exact) mass is 288 g/mol. The summed E-state index contributed by atoms with van der Waals surface area (Å²) >= 11 is 0. The van der Waals surface area contributed by atoms with Gasteiger partial charge in [-0.3, -0.25) is 0 Å². The molecular formula is C11H20N4O3S. The quantitative estimate of drug-likeness (QED) is 0.749. The summed E-state index contributed by atoms with van der Waals surface area (Å²) in [6, 6.07) is -0.194. The van der Waals surface area contributed by atoms with Crippen molar-refractivity contribution in [2.45, 2.75) is 31.2 Å². The lowest BCUT2D eigenvalue weighted by Crippen LogP contribution is -2.38. The van der Waals surface area contributed by atoms with E-state index in [-0.39, 0.29) is 24.1 Å². The fourth-order valence-electron chi connectivity index (χ4n) is 1.60. The van der Waals surface area contributed by atoms with Crippen LogP contribution in [0.25, 0.3) is 0 Å². The number of aliphatic hydroxyl groups excluding tert-OH is 1. The van der Waals surface area contributed by atoms with Crippen molar-refractivity contribution in [3.05, 3.63) is 12.4 Å².